The van der Waals surface area contributed by atoms with Crippen LogP contribution in [0.5, 0.6) is 17.2 Å². The summed E-state index contributed by atoms with van der Waals surface area (Å²) in [5.74, 6) is 2.00. The zero-order valence-corrected chi connectivity index (χ0v) is 17.4. The molecule has 0 saturated carbocycles. The number of aryl methyl sites for hydroxylation is 1. The summed E-state index contributed by atoms with van der Waals surface area (Å²) < 4.78 is 16.8. The molecule has 6 nitrogen and oxygen atoms in total. The lowest BCUT2D eigenvalue weighted by molar-refractivity contribution is -0.123. The average Bonchev–Trinajstić information content (AvgIpc) is 2.74. The third kappa shape index (κ3) is 6.48. The number of amides is 1. The number of nitrogens with one attached hydrogen (secondary N) is 1. The zero-order valence-electron chi connectivity index (χ0n) is 17.4. The normalized spacial score (nSPS) is 15.0. The van der Waals surface area contributed by atoms with Gasteiger partial charge in [-0.3, -0.25) is 9.69 Å². The van der Waals surface area contributed by atoms with Gasteiger partial charge in [0.05, 0.1) is 13.2 Å². The fourth-order valence-corrected chi connectivity index (χ4v) is 3.14. The summed E-state index contributed by atoms with van der Waals surface area (Å²) in [6.45, 7) is 10.1. The second-order valence-electron chi connectivity index (χ2n) is 7.86. The second-order valence-corrected chi connectivity index (χ2v) is 7.86. The van der Waals surface area contributed by atoms with Crippen LogP contribution in [0, 0.1) is 6.92 Å². The molecule has 1 N–H and O–H groups in total. The van der Waals surface area contributed by atoms with E-state index in [2.05, 4.69) is 24.1 Å². The van der Waals surface area contributed by atoms with Gasteiger partial charge in [0.15, 0.2) is 6.61 Å². The molecule has 0 unspecified atom stereocenters. The Balaban J connectivity index is 1.42. The van der Waals surface area contributed by atoms with Crippen molar-refractivity contribution in [2.24, 2.45) is 0 Å². The van der Waals surface area contributed by atoms with Crippen LogP contribution in [0.4, 0.5) is 0 Å². The van der Waals surface area contributed by atoms with Crippen molar-refractivity contribution >= 4 is 5.91 Å². The molecule has 1 saturated heterocycles. The van der Waals surface area contributed by atoms with Gasteiger partial charge in [0.1, 0.15) is 17.2 Å². The van der Waals surface area contributed by atoms with E-state index < -0.39 is 0 Å². The molecule has 0 bridgehead atoms. The first-order valence-corrected chi connectivity index (χ1v) is 9.99. The molecule has 6 heteroatoms. The summed E-state index contributed by atoms with van der Waals surface area (Å²) in [5, 5.41) is 2.97. The van der Waals surface area contributed by atoms with Crippen LogP contribution in [0.3, 0.4) is 0 Å². The highest BCUT2D eigenvalue weighted by Gasteiger charge is 2.28. The molecule has 2 aromatic carbocycles. The van der Waals surface area contributed by atoms with E-state index in [1.54, 1.807) is 12.1 Å². The Morgan fingerprint density at radius 3 is 2.17 bits per heavy atom. The van der Waals surface area contributed by atoms with Crippen molar-refractivity contribution < 1.29 is 19.0 Å². The monoisotopic (exact) mass is 398 g/mol. The summed E-state index contributed by atoms with van der Waals surface area (Å²) in [4.78, 5) is 14.5. The molecule has 0 radical (unpaired) electrons. The summed E-state index contributed by atoms with van der Waals surface area (Å²) in [5.41, 5.74) is 1.07. The van der Waals surface area contributed by atoms with Crippen LogP contribution >= 0.6 is 0 Å². The minimum Gasteiger partial charge on any atom is -0.484 e. The fourth-order valence-electron chi connectivity index (χ4n) is 3.14. The Hall–Kier alpha value is -2.57. The maximum absolute atomic E-state index is 12.2. The van der Waals surface area contributed by atoms with Gasteiger partial charge >= 0.3 is 0 Å². The molecule has 0 spiro atoms. The number of morpholine rings is 1. The quantitative estimate of drug-likeness (QED) is 0.739. The first-order chi connectivity index (χ1) is 13.9. The van der Waals surface area contributed by atoms with Crippen LogP contribution in [0.2, 0.25) is 0 Å². The minimum absolute atomic E-state index is 0.0165. The number of nitrogens with zero attached hydrogens (tertiary/aromatic N) is 1. The van der Waals surface area contributed by atoms with E-state index in [4.69, 9.17) is 14.2 Å². The summed E-state index contributed by atoms with van der Waals surface area (Å²) in [6, 6.07) is 15.1. The fraction of sp³-hybridized carbons (Fsp3) is 0.435. The highest BCUT2D eigenvalue weighted by Crippen LogP contribution is 2.24. The van der Waals surface area contributed by atoms with Crippen molar-refractivity contribution in [2.75, 3.05) is 39.5 Å². The first-order valence-electron chi connectivity index (χ1n) is 9.99. The van der Waals surface area contributed by atoms with E-state index in [1.165, 1.54) is 5.56 Å². The van der Waals surface area contributed by atoms with Crippen molar-refractivity contribution in [3.05, 3.63) is 54.1 Å². The van der Waals surface area contributed by atoms with Gasteiger partial charge in [-0.15, -0.1) is 0 Å². The molecule has 0 atom stereocenters. The van der Waals surface area contributed by atoms with E-state index >= 15 is 0 Å². The van der Waals surface area contributed by atoms with E-state index in [-0.39, 0.29) is 18.1 Å². The van der Waals surface area contributed by atoms with Gasteiger partial charge in [0, 0.05) is 25.2 Å². The van der Waals surface area contributed by atoms with Crippen LogP contribution in [0.25, 0.3) is 0 Å². The summed E-state index contributed by atoms with van der Waals surface area (Å²) >= 11 is 0. The molecule has 156 valence electrons. The molecule has 3 rings (SSSR count). The smallest absolute Gasteiger partial charge is 0.258 e. The van der Waals surface area contributed by atoms with Crippen LogP contribution in [-0.2, 0) is 9.53 Å². The molecular formula is C23H30N2O4. The molecule has 1 fully saturated rings. The standard InChI is InChI=1S/C23H30N2O4/c1-18-4-6-20(7-5-18)29-21-10-8-19(9-11-21)28-16-22(26)24-17-23(2,3)25-12-14-27-15-13-25/h4-11H,12-17H2,1-3H3,(H,24,26). The lowest BCUT2D eigenvalue weighted by atomic mass is 10.0. The second kappa shape index (κ2) is 9.76. The number of rotatable bonds is 8. The Morgan fingerprint density at radius 2 is 1.55 bits per heavy atom. The Labute approximate surface area is 172 Å². The van der Waals surface area contributed by atoms with Crippen LogP contribution in [0.15, 0.2) is 48.5 Å². The number of hydrogen-bond donors (Lipinski definition) is 1. The molecule has 2 aromatic rings. The molecule has 29 heavy (non-hydrogen) atoms. The highest BCUT2D eigenvalue weighted by atomic mass is 16.5. The molecule has 1 heterocycles. The van der Waals surface area contributed by atoms with Crippen LogP contribution in [0.1, 0.15) is 19.4 Å². The Kier molecular flexibility index (Phi) is 7.12. The van der Waals surface area contributed by atoms with Gasteiger partial charge in [0.25, 0.3) is 5.91 Å². The highest BCUT2D eigenvalue weighted by molar-refractivity contribution is 5.77. The third-order valence-electron chi connectivity index (χ3n) is 5.04. The topological polar surface area (TPSA) is 60.0 Å². The molecule has 1 aliphatic heterocycles. The SMILES string of the molecule is Cc1ccc(Oc2ccc(OCC(=O)NCC(C)(C)N3CCOCC3)cc2)cc1. The van der Waals surface area contributed by atoms with Gasteiger partial charge in [-0.25, -0.2) is 0 Å². The molecule has 1 amide bonds. The van der Waals surface area contributed by atoms with E-state index in [0.29, 0.717) is 12.3 Å². The van der Waals surface area contributed by atoms with Crippen molar-refractivity contribution in [1.29, 1.82) is 0 Å². The number of ether oxygens (including phenoxy) is 3. The molecular weight excluding hydrogens is 368 g/mol. The predicted octanol–water partition coefficient (Wildman–Crippen LogP) is 3.39. The van der Waals surface area contributed by atoms with Gasteiger partial charge in [-0.1, -0.05) is 17.7 Å². The molecule has 0 aromatic heterocycles. The van der Waals surface area contributed by atoms with Gasteiger partial charge in [-0.2, -0.15) is 0 Å². The Morgan fingerprint density at radius 1 is 1.00 bits per heavy atom. The van der Waals surface area contributed by atoms with E-state index in [0.717, 1.165) is 37.8 Å². The lowest BCUT2D eigenvalue weighted by Gasteiger charge is -2.40. The molecule has 1 aliphatic rings. The number of carbonyl (C=O) groups is 1. The first kappa shape index (κ1) is 21.1. The summed E-state index contributed by atoms with van der Waals surface area (Å²) in [7, 11) is 0. The maximum atomic E-state index is 12.2. The third-order valence-corrected chi connectivity index (χ3v) is 5.04. The molecule has 0 aliphatic carbocycles. The Bertz CT molecular complexity index is 782. The summed E-state index contributed by atoms with van der Waals surface area (Å²) in [6.07, 6.45) is 0. The van der Waals surface area contributed by atoms with E-state index in [9.17, 15) is 4.79 Å². The maximum Gasteiger partial charge on any atom is 0.258 e. The number of benzene rings is 2. The largest absolute Gasteiger partial charge is 0.484 e. The minimum atomic E-state index is -0.133. The number of carbonyl (C=O) groups excluding carboxylic acids is 1. The average molecular weight is 399 g/mol. The van der Waals surface area contributed by atoms with Gasteiger partial charge < -0.3 is 19.5 Å². The lowest BCUT2D eigenvalue weighted by Crippen LogP contribution is -2.55. The number of hydrogen-bond acceptors (Lipinski definition) is 5. The van der Waals surface area contributed by atoms with Crippen LogP contribution in [-0.4, -0.2) is 55.8 Å². The van der Waals surface area contributed by atoms with Crippen molar-refractivity contribution in [1.82, 2.24) is 10.2 Å². The van der Waals surface area contributed by atoms with Crippen LogP contribution < -0.4 is 14.8 Å². The zero-order chi connectivity index (χ0) is 20.7. The van der Waals surface area contributed by atoms with Crippen molar-refractivity contribution in [2.45, 2.75) is 26.3 Å². The van der Waals surface area contributed by atoms with Gasteiger partial charge in [0.2, 0.25) is 0 Å². The van der Waals surface area contributed by atoms with Crippen molar-refractivity contribution in [3.8, 4) is 17.2 Å². The van der Waals surface area contributed by atoms with Crippen molar-refractivity contribution in [3.63, 3.8) is 0 Å². The van der Waals surface area contributed by atoms with E-state index in [1.807, 2.05) is 43.3 Å². The predicted molar refractivity (Wildman–Crippen MR) is 113 cm³/mol. The van der Waals surface area contributed by atoms with Gasteiger partial charge in [-0.05, 0) is 57.2 Å².